The first-order chi connectivity index (χ1) is 31.7. The zero-order valence-electron chi connectivity index (χ0n) is 37.4. The Hall–Kier alpha value is -7.94. The lowest BCUT2D eigenvalue weighted by atomic mass is 9.82. The van der Waals surface area contributed by atoms with Gasteiger partial charge in [0.2, 0.25) is 0 Å². The van der Waals surface area contributed by atoms with Crippen LogP contribution in [0.5, 0.6) is 0 Å². The number of para-hydroxylation sites is 3. The largest absolute Gasteiger partial charge is 0.316 e. The van der Waals surface area contributed by atoms with Crippen molar-refractivity contribution in [1.29, 1.82) is 0 Å². The molecule has 0 unspecified atom stereocenters. The van der Waals surface area contributed by atoms with E-state index in [2.05, 4.69) is 195 Å². The van der Waals surface area contributed by atoms with Gasteiger partial charge in [0.15, 0.2) is 0 Å². The Bertz CT molecular complexity index is 3560. The smallest absolute Gasteiger partial charge is 0.0547 e. The maximum Gasteiger partial charge on any atom is 0.0547 e. The van der Waals surface area contributed by atoms with Gasteiger partial charge >= 0.3 is 0 Å². The van der Waals surface area contributed by atoms with Crippen LogP contribution in [0.15, 0.2) is 231 Å². The van der Waals surface area contributed by atoms with Gasteiger partial charge in [-0.05, 0) is 152 Å². The maximum atomic E-state index is 4.02. The molecule has 12 rings (SSSR count). The van der Waals surface area contributed by atoms with Crippen LogP contribution in [0, 0.1) is 0 Å². The van der Waals surface area contributed by atoms with E-state index in [0.717, 1.165) is 17.1 Å². The van der Waals surface area contributed by atoms with Crippen molar-refractivity contribution in [3.63, 3.8) is 0 Å². The molecule has 0 atom stereocenters. The number of anilines is 1. The van der Waals surface area contributed by atoms with Crippen LogP contribution in [0.1, 0.15) is 38.8 Å². The second-order valence-corrected chi connectivity index (χ2v) is 17.9. The Kier molecular flexibility index (Phi) is 9.63. The van der Waals surface area contributed by atoms with Gasteiger partial charge in [-0.15, -0.1) is 0 Å². The summed E-state index contributed by atoms with van der Waals surface area (Å²) in [6.07, 6.45) is 3.95. The van der Waals surface area contributed by atoms with Crippen molar-refractivity contribution in [1.82, 2.24) is 4.57 Å². The van der Waals surface area contributed by atoms with Crippen LogP contribution < -0.4 is 4.90 Å². The van der Waals surface area contributed by atoms with Crippen LogP contribution in [-0.2, 0) is 5.41 Å². The van der Waals surface area contributed by atoms with Gasteiger partial charge in [-0.2, -0.15) is 0 Å². The molecule has 0 spiro atoms. The molecule has 0 amide bonds. The highest BCUT2D eigenvalue weighted by Crippen LogP contribution is 2.52. The summed E-state index contributed by atoms with van der Waals surface area (Å²) in [6, 6.07) is 71.2. The Morgan fingerprint density at radius 2 is 1.03 bits per heavy atom. The summed E-state index contributed by atoms with van der Waals surface area (Å²) in [6.45, 7) is 16.7. The molecule has 0 saturated carbocycles. The normalized spacial score (nSPS) is 12.8. The van der Waals surface area contributed by atoms with Crippen molar-refractivity contribution >= 4 is 38.3 Å². The summed E-state index contributed by atoms with van der Waals surface area (Å²) in [4.78, 5) is 2.03. The first-order valence-corrected chi connectivity index (χ1v) is 22.6. The highest BCUT2D eigenvalue weighted by molar-refractivity contribution is 6.16. The van der Waals surface area contributed by atoms with Gasteiger partial charge in [0.1, 0.15) is 0 Å². The first-order valence-electron chi connectivity index (χ1n) is 22.6. The molecular weight excluding hydrogens is 785 g/mol. The van der Waals surface area contributed by atoms with Gasteiger partial charge in [-0.1, -0.05) is 173 Å². The van der Waals surface area contributed by atoms with Crippen molar-refractivity contribution in [2.75, 3.05) is 4.90 Å². The first kappa shape index (κ1) is 39.9. The average Bonchev–Trinajstić information content (AvgIpc) is 3.92. The fourth-order valence-corrected chi connectivity index (χ4v) is 10.6. The molecule has 0 aliphatic heterocycles. The maximum absolute atomic E-state index is 4.02. The van der Waals surface area contributed by atoms with E-state index in [0.29, 0.717) is 0 Å². The van der Waals surface area contributed by atoms with Crippen LogP contribution in [0.2, 0.25) is 0 Å². The number of nitrogens with zero attached hydrogens (tertiary/aromatic N) is 2. The third kappa shape index (κ3) is 6.56. The number of allylic oxidation sites excluding steroid dienone is 3. The molecule has 2 aliphatic carbocycles. The monoisotopic (exact) mass is 834 g/mol. The third-order valence-electron chi connectivity index (χ3n) is 13.6. The van der Waals surface area contributed by atoms with Crippen molar-refractivity contribution < 1.29 is 0 Å². The van der Waals surface area contributed by atoms with Gasteiger partial charge in [-0.3, -0.25) is 0 Å². The number of aromatic nitrogens is 1. The van der Waals surface area contributed by atoms with E-state index in [-0.39, 0.29) is 5.41 Å². The Morgan fingerprint density at radius 3 is 1.68 bits per heavy atom. The molecule has 65 heavy (non-hydrogen) atoms. The van der Waals surface area contributed by atoms with Gasteiger partial charge in [0.25, 0.3) is 0 Å². The van der Waals surface area contributed by atoms with Crippen LogP contribution in [0.25, 0.3) is 93.9 Å². The molecule has 2 heteroatoms. The lowest BCUT2D eigenvalue weighted by Crippen LogP contribution is -2.17. The predicted molar refractivity (Wildman–Crippen MR) is 279 cm³/mol. The van der Waals surface area contributed by atoms with E-state index in [1.54, 1.807) is 0 Å². The fraction of sp³-hybridized carbons (Fsp3) is 0.0794. The zero-order chi connectivity index (χ0) is 44.4. The molecule has 2 nitrogen and oxygen atoms in total. The zero-order valence-corrected chi connectivity index (χ0v) is 37.4. The van der Waals surface area contributed by atoms with Crippen molar-refractivity contribution in [3.05, 3.63) is 242 Å². The molecule has 9 aromatic carbocycles. The molecule has 10 aromatic rings. The fourth-order valence-electron chi connectivity index (χ4n) is 10.6. The van der Waals surface area contributed by atoms with Crippen LogP contribution >= 0.6 is 0 Å². The van der Waals surface area contributed by atoms with E-state index in [1.165, 1.54) is 105 Å². The topological polar surface area (TPSA) is 8.17 Å². The molecule has 1 aromatic heterocycles. The number of benzene rings is 9. The molecule has 312 valence electrons. The van der Waals surface area contributed by atoms with E-state index < -0.39 is 0 Å². The lowest BCUT2D eigenvalue weighted by Gasteiger charge is -2.25. The van der Waals surface area contributed by atoms with Crippen molar-refractivity contribution in [3.8, 4) is 61.3 Å². The SMILES string of the molecule is C=C(C)N(C(=C)/C=C\C)c1ccccc1.CC1(C)c2ccc(-c3ccc4c(c3)-c3cccc5cccc-4c35)cc2-c2cc(-c3ccc4c5ccccc5n(-c5ccccc5)c4c3)ccc21. The van der Waals surface area contributed by atoms with Crippen LogP contribution in [-0.4, -0.2) is 4.57 Å². The lowest BCUT2D eigenvalue weighted by molar-refractivity contribution is 0.660. The van der Waals surface area contributed by atoms with Crippen molar-refractivity contribution in [2.24, 2.45) is 0 Å². The molecular formula is C63H50N2. The quantitative estimate of drug-likeness (QED) is 0.145. The van der Waals surface area contributed by atoms with Gasteiger partial charge in [-0.25, -0.2) is 0 Å². The number of hydrogen-bond donors (Lipinski definition) is 0. The second-order valence-electron chi connectivity index (χ2n) is 17.9. The molecule has 0 saturated heterocycles. The van der Waals surface area contributed by atoms with E-state index in [9.17, 15) is 0 Å². The number of fused-ring (bicyclic) bond motifs is 9. The summed E-state index contributed by atoms with van der Waals surface area (Å²) in [5, 5.41) is 5.24. The molecule has 0 fully saturated rings. The molecule has 0 bridgehead atoms. The summed E-state index contributed by atoms with van der Waals surface area (Å²) in [5.41, 5.74) is 22.4. The van der Waals surface area contributed by atoms with E-state index >= 15 is 0 Å². The predicted octanol–water partition coefficient (Wildman–Crippen LogP) is 17.3. The highest BCUT2D eigenvalue weighted by Gasteiger charge is 2.36. The summed E-state index contributed by atoms with van der Waals surface area (Å²) in [7, 11) is 0. The second kappa shape index (κ2) is 15.7. The standard InChI is InChI=1S/C49H33N.C14H17N/c1-49(2)44-24-20-32(31-18-22-36-39-15-8-10-30-11-9-16-40(48(30)39)41(36)26-31)27-42(44)43-28-33(21-25-45(43)49)34-19-23-38-37-14-6-7-17-46(37)50(47(38)29-34)35-12-4-3-5-13-35;1-5-9-13(4)15(12(2)3)14-10-7-6-8-11-14/h3-29H,1-2H3;5-11H,2,4H2,1,3H3/b;9-5-. The summed E-state index contributed by atoms with van der Waals surface area (Å²) >= 11 is 0. The minimum Gasteiger partial charge on any atom is -0.316 e. The number of hydrogen-bond acceptors (Lipinski definition) is 1. The Morgan fingerprint density at radius 1 is 0.492 bits per heavy atom. The Labute approximate surface area is 382 Å². The molecule has 1 heterocycles. The molecule has 2 aliphatic rings. The third-order valence-corrected chi connectivity index (χ3v) is 13.6. The van der Waals surface area contributed by atoms with E-state index in [1.807, 2.05) is 61.2 Å². The van der Waals surface area contributed by atoms with Crippen LogP contribution in [0.4, 0.5) is 5.69 Å². The minimum absolute atomic E-state index is 0.0688. The van der Waals surface area contributed by atoms with Crippen LogP contribution in [0.3, 0.4) is 0 Å². The van der Waals surface area contributed by atoms with Crippen molar-refractivity contribution in [2.45, 2.75) is 33.1 Å². The molecule has 0 N–H and O–H groups in total. The van der Waals surface area contributed by atoms with E-state index in [4.69, 9.17) is 0 Å². The molecule has 0 radical (unpaired) electrons. The van der Waals surface area contributed by atoms with Gasteiger partial charge in [0.05, 0.1) is 11.0 Å². The summed E-state index contributed by atoms with van der Waals surface area (Å²) < 4.78 is 2.40. The van der Waals surface area contributed by atoms with Gasteiger partial charge in [0, 0.05) is 39.0 Å². The number of rotatable bonds is 7. The average molecular weight is 835 g/mol. The minimum atomic E-state index is -0.0688. The summed E-state index contributed by atoms with van der Waals surface area (Å²) in [5.74, 6) is 0. The Balaban J connectivity index is 0.000000269. The van der Waals surface area contributed by atoms with Gasteiger partial charge < -0.3 is 9.47 Å². The highest BCUT2D eigenvalue weighted by atomic mass is 15.1.